The molecule has 150 valence electrons. The predicted octanol–water partition coefficient (Wildman–Crippen LogP) is 4.49. The summed E-state index contributed by atoms with van der Waals surface area (Å²) in [5.41, 5.74) is -0.327. The van der Waals surface area contributed by atoms with Gasteiger partial charge in [-0.1, -0.05) is 25.5 Å². The van der Waals surface area contributed by atoms with Gasteiger partial charge in [-0.05, 0) is 49.8 Å². The van der Waals surface area contributed by atoms with Gasteiger partial charge in [-0.2, -0.15) is 13.2 Å². The molecule has 1 saturated carbocycles. The quantitative estimate of drug-likeness (QED) is 0.674. The number of carboxylic acid groups (broad SMARTS) is 1. The van der Waals surface area contributed by atoms with E-state index in [9.17, 15) is 22.8 Å². The van der Waals surface area contributed by atoms with Crippen molar-refractivity contribution in [3.63, 3.8) is 0 Å². The number of amides is 2. The number of rotatable bonds is 6. The Labute approximate surface area is 156 Å². The molecular weight excluding hydrogens is 361 g/mol. The highest BCUT2D eigenvalue weighted by atomic mass is 19.4. The molecule has 8 heteroatoms. The van der Waals surface area contributed by atoms with Crippen LogP contribution in [0.15, 0.2) is 24.3 Å². The number of carbonyl (C=O) groups excluding carboxylic acids is 1. The van der Waals surface area contributed by atoms with Crippen molar-refractivity contribution in [2.45, 2.75) is 63.7 Å². The third kappa shape index (κ3) is 6.15. The second kappa shape index (κ2) is 9.10. The number of alkyl halides is 3. The fourth-order valence-corrected chi connectivity index (χ4v) is 3.41. The van der Waals surface area contributed by atoms with Gasteiger partial charge in [-0.25, -0.2) is 4.79 Å². The summed E-state index contributed by atoms with van der Waals surface area (Å²) < 4.78 is 38.8. The van der Waals surface area contributed by atoms with Crippen LogP contribution >= 0.6 is 0 Å². The monoisotopic (exact) mass is 386 g/mol. The summed E-state index contributed by atoms with van der Waals surface area (Å²) in [6.07, 6.45) is -1.05. The van der Waals surface area contributed by atoms with Crippen molar-refractivity contribution < 1.29 is 27.9 Å². The smallest absolute Gasteiger partial charge is 0.416 e. The lowest BCUT2D eigenvalue weighted by atomic mass is 9.86. The van der Waals surface area contributed by atoms with E-state index in [1.165, 1.54) is 6.07 Å². The minimum Gasteiger partial charge on any atom is -0.481 e. The van der Waals surface area contributed by atoms with E-state index in [1.807, 2.05) is 6.92 Å². The topological polar surface area (TPSA) is 78.4 Å². The SMILES string of the molecule is CCCC(NC(=O)NC1CCC(C(=O)O)CC1)c1cccc(C(F)(F)F)c1. The normalized spacial score (nSPS) is 21.3. The van der Waals surface area contributed by atoms with Crippen molar-refractivity contribution in [1.82, 2.24) is 10.6 Å². The zero-order valence-corrected chi connectivity index (χ0v) is 15.2. The standard InChI is InChI=1S/C19H25F3N2O3/c1-2-4-16(13-5-3-6-14(11-13)19(20,21)22)24-18(27)23-15-9-7-12(8-10-15)17(25)26/h3,5-6,11-12,15-16H,2,4,7-10H2,1H3,(H,25,26)(H2,23,24,27). The van der Waals surface area contributed by atoms with Crippen molar-refractivity contribution in [3.8, 4) is 0 Å². The lowest BCUT2D eigenvalue weighted by molar-refractivity contribution is -0.143. The van der Waals surface area contributed by atoms with Crippen molar-refractivity contribution in [2.24, 2.45) is 5.92 Å². The van der Waals surface area contributed by atoms with Crippen LogP contribution in [0.25, 0.3) is 0 Å². The third-order valence-electron chi connectivity index (χ3n) is 4.91. The number of carbonyl (C=O) groups is 2. The van der Waals surface area contributed by atoms with Crippen LogP contribution in [0.5, 0.6) is 0 Å². The van der Waals surface area contributed by atoms with Gasteiger partial charge in [0, 0.05) is 6.04 Å². The maximum absolute atomic E-state index is 12.9. The summed E-state index contributed by atoms with van der Waals surface area (Å²) >= 11 is 0. The fraction of sp³-hybridized carbons (Fsp3) is 0.579. The van der Waals surface area contributed by atoms with Crippen LogP contribution < -0.4 is 10.6 Å². The molecule has 0 radical (unpaired) electrons. The maximum Gasteiger partial charge on any atom is 0.416 e. The van der Waals surface area contributed by atoms with Crippen LogP contribution in [0.4, 0.5) is 18.0 Å². The second-order valence-corrected chi connectivity index (χ2v) is 6.97. The highest BCUT2D eigenvalue weighted by Crippen LogP contribution is 2.31. The summed E-state index contributed by atoms with van der Waals surface area (Å²) in [6, 6.07) is 3.91. The van der Waals surface area contributed by atoms with Crippen LogP contribution in [0.3, 0.4) is 0 Å². The molecule has 0 aliphatic heterocycles. The Morgan fingerprint density at radius 2 is 1.89 bits per heavy atom. The van der Waals surface area contributed by atoms with E-state index in [2.05, 4.69) is 10.6 Å². The summed E-state index contributed by atoms with van der Waals surface area (Å²) in [7, 11) is 0. The van der Waals surface area contributed by atoms with E-state index in [0.717, 1.165) is 12.1 Å². The number of aliphatic carboxylic acids is 1. The number of hydrogen-bond acceptors (Lipinski definition) is 2. The largest absolute Gasteiger partial charge is 0.481 e. The van der Waals surface area contributed by atoms with Crippen LogP contribution in [0.2, 0.25) is 0 Å². The highest BCUT2D eigenvalue weighted by molar-refractivity contribution is 5.75. The Morgan fingerprint density at radius 3 is 2.44 bits per heavy atom. The molecule has 1 aromatic rings. The summed E-state index contributed by atoms with van der Waals surface area (Å²) in [5, 5.41) is 14.6. The van der Waals surface area contributed by atoms with E-state index >= 15 is 0 Å². The van der Waals surface area contributed by atoms with Crippen molar-refractivity contribution in [3.05, 3.63) is 35.4 Å². The van der Waals surface area contributed by atoms with Crippen LogP contribution in [0.1, 0.15) is 62.6 Å². The molecule has 1 aliphatic rings. The van der Waals surface area contributed by atoms with E-state index in [4.69, 9.17) is 5.11 Å². The molecule has 0 aromatic heterocycles. The number of halogens is 3. The van der Waals surface area contributed by atoms with Gasteiger partial charge in [0.2, 0.25) is 0 Å². The van der Waals surface area contributed by atoms with Crippen LogP contribution in [0, 0.1) is 5.92 Å². The van der Waals surface area contributed by atoms with Gasteiger partial charge in [0.05, 0.1) is 17.5 Å². The van der Waals surface area contributed by atoms with E-state index in [0.29, 0.717) is 44.1 Å². The Kier molecular flexibility index (Phi) is 7.10. The van der Waals surface area contributed by atoms with Gasteiger partial charge in [0.15, 0.2) is 0 Å². The first-order valence-corrected chi connectivity index (χ1v) is 9.17. The van der Waals surface area contributed by atoms with Crippen molar-refractivity contribution >= 4 is 12.0 Å². The molecule has 5 nitrogen and oxygen atoms in total. The molecule has 2 rings (SSSR count). The lowest BCUT2D eigenvalue weighted by Crippen LogP contribution is -2.45. The van der Waals surface area contributed by atoms with Crippen molar-refractivity contribution in [2.75, 3.05) is 0 Å². The summed E-state index contributed by atoms with van der Waals surface area (Å²) in [5.74, 6) is -1.19. The lowest BCUT2D eigenvalue weighted by Gasteiger charge is -2.28. The number of hydrogen-bond donors (Lipinski definition) is 3. The minimum absolute atomic E-state index is 0.121. The molecule has 0 bridgehead atoms. The Hall–Kier alpha value is -2.25. The zero-order valence-electron chi connectivity index (χ0n) is 15.2. The predicted molar refractivity (Wildman–Crippen MR) is 94.1 cm³/mol. The molecule has 27 heavy (non-hydrogen) atoms. The van der Waals surface area contributed by atoms with Gasteiger partial charge >= 0.3 is 18.2 Å². The zero-order chi connectivity index (χ0) is 20.0. The fourth-order valence-electron chi connectivity index (χ4n) is 3.41. The molecule has 1 aliphatic carbocycles. The van der Waals surface area contributed by atoms with Crippen LogP contribution in [-0.4, -0.2) is 23.1 Å². The van der Waals surface area contributed by atoms with Gasteiger partial charge in [-0.15, -0.1) is 0 Å². The number of benzene rings is 1. The molecule has 0 saturated heterocycles. The first-order valence-electron chi connectivity index (χ1n) is 9.17. The van der Waals surface area contributed by atoms with Gasteiger partial charge in [0.1, 0.15) is 0 Å². The molecule has 1 fully saturated rings. The molecular formula is C19H25F3N2O3. The molecule has 2 amide bonds. The average Bonchev–Trinajstić information content (AvgIpc) is 2.61. The molecule has 1 unspecified atom stereocenters. The Morgan fingerprint density at radius 1 is 1.22 bits per heavy atom. The number of carboxylic acids is 1. The Bertz CT molecular complexity index is 656. The highest BCUT2D eigenvalue weighted by Gasteiger charge is 2.31. The third-order valence-corrected chi connectivity index (χ3v) is 4.91. The van der Waals surface area contributed by atoms with Gasteiger partial charge in [0.25, 0.3) is 0 Å². The molecule has 1 aromatic carbocycles. The van der Waals surface area contributed by atoms with Gasteiger partial charge < -0.3 is 15.7 Å². The van der Waals surface area contributed by atoms with E-state index in [-0.39, 0.29) is 12.0 Å². The minimum atomic E-state index is -4.43. The Balaban J connectivity index is 1.98. The average molecular weight is 386 g/mol. The summed E-state index contributed by atoms with van der Waals surface area (Å²) in [4.78, 5) is 23.3. The molecule has 0 heterocycles. The number of urea groups is 1. The molecule has 0 spiro atoms. The van der Waals surface area contributed by atoms with Crippen LogP contribution in [-0.2, 0) is 11.0 Å². The molecule has 1 atom stereocenters. The number of nitrogens with one attached hydrogen (secondary N) is 2. The maximum atomic E-state index is 12.9. The first-order chi connectivity index (χ1) is 12.7. The second-order valence-electron chi connectivity index (χ2n) is 6.97. The van der Waals surface area contributed by atoms with Crippen molar-refractivity contribution in [1.29, 1.82) is 0 Å². The first kappa shape index (κ1) is 21.1. The molecule has 3 N–H and O–H groups in total. The summed E-state index contributed by atoms with van der Waals surface area (Å²) in [6.45, 7) is 1.90. The van der Waals surface area contributed by atoms with Gasteiger partial charge in [-0.3, -0.25) is 4.79 Å². The van der Waals surface area contributed by atoms with E-state index < -0.39 is 29.8 Å². The van der Waals surface area contributed by atoms with E-state index in [1.54, 1.807) is 6.07 Å².